The fourth-order valence-electron chi connectivity index (χ4n) is 5.79. The third kappa shape index (κ3) is 15.5. The number of benzene rings is 5. The molecule has 0 heterocycles. The number of carbonyl (C=O) groups excluding carboxylic acids is 4. The zero-order valence-electron chi connectivity index (χ0n) is 34.2. The summed E-state index contributed by atoms with van der Waals surface area (Å²) >= 11 is 0. The molecule has 0 bridgehead atoms. The van der Waals surface area contributed by atoms with Gasteiger partial charge in [0, 0.05) is 25.4 Å². The molecule has 326 valence electrons. The van der Waals surface area contributed by atoms with Gasteiger partial charge in [-0.1, -0.05) is 25.3 Å². The number of hydrogen-bond acceptors (Lipinski definition) is 14. The smallest absolute Gasteiger partial charge is 0.343 e. The lowest BCUT2D eigenvalue weighted by Gasteiger charge is -2.11. The molecule has 2 N–H and O–H groups in total. The Hall–Kier alpha value is -6.58. The van der Waals surface area contributed by atoms with Gasteiger partial charge in [-0.3, -0.25) is 0 Å². The van der Waals surface area contributed by atoms with E-state index in [9.17, 15) is 29.4 Å². The predicted molar refractivity (Wildman–Crippen MR) is 230 cm³/mol. The van der Waals surface area contributed by atoms with Gasteiger partial charge in [0.25, 0.3) is 0 Å². The number of rotatable bonds is 26. The number of aliphatic hydroxyl groups is 2. The lowest BCUT2D eigenvalue weighted by molar-refractivity contribution is -0.142. The van der Waals surface area contributed by atoms with Crippen LogP contribution in [0.1, 0.15) is 46.4 Å². The Balaban J connectivity index is 1.01. The molecule has 5 aromatic carbocycles. The van der Waals surface area contributed by atoms with Gasteiger partial charge in [0.2, 0.25) is 0 Å². The van der Waals surface area contributed by atoms with E-state index in [1.165, 1.54) is 0 Å². The Morgan fingerprint density at radius 2 is 0.839 bits per heavy atom. The fraction of sp³-hybridized carbons (Fsp3) is 0.292. The van der Waals surface area contributed by atoms with Crippen LogP contribution < -0.4 is 18.9 Å². The van der Waals surface area contributed by atoms with Crippen molar-refractivity contribution >= 4 is 45.4 Å². The molecule has 0 aliphatic heterocycles. The monoisotopic (exact) mass is 850 g/mol. The minimum absolute atomic E-state index is 0.0513. The molecule has 0 saturated heterocycles. The van der Waals surface area contributed by atoms with E-state index in [0.29, 0.717) is 86.2 Å². The third-order valence-corrected chi connectivity index (χ3v) is 9.03. The maximum atomic E-state index is 13.0. The van der Waals surface area contributed by atoms with E-state index in [-0.39, 0.29) is 26.4 Å². The van der Waals surface area contributed by atoms with Gasteiger partial charge in [-0.15, -0.1) is 0 Å². The summed E-state index contributed by atoms with van der Waals surface area (Å²) in [5.41, 5.74) is 0.732. The Labute approximate surface area is 359 Å². The van der Waals surface area contributed by atoms with Crippen molar-refractivity contribution in [2.45, 2.75) is 37.9 Å². The number of unbranched alkanes of at least 4 members (excludes halogenated alkanes) is 2. The normalized spacial score (nSPS) is 11.9. The standard InChI is InChI=1S/C48H50O14/c1-3-45(51)59-31-39(49)29-55-21-5-7-23-57-41-15-9-33(10-16-41)47(53)61-43-19-13-35-26-38-28-44(20-14-36(38)25-37(35)27-43)62-48(54)34-11-17-42(18-12-34)58-24-8-6-22-56-30-40(50)32-60-46(52)4-2/h3-4,9-20,25-28,39-40,49-50H,1-2,5-8,21-24,29-32H2. The second kappa shape index (κ2) is 24.6. The van der Waals surface area contributed by atoms with Crippen LogP contribution in [0.25, 0.3) is 21.5 Å². The van der Waals surface area contributed by atoms with Crippen molar-refractivity contribution in [1.29, 1.82) is 0 Å². The largest absolute Gasteiger partial charge is 0.494 e. The summed E-state index contributed by atoms with van der Waals surface area (Å²) in [6.07, 6.45) is 3.07. The Morgan fingerprint density at radius 3 is 1.23 bits per heavy atom. The number of hydrogen-bond donors (Lipinski definition) is 2. The van der Waals surface area contributed by atoms with E-state index in [1.807, 2.05) is 24.3 Å². The van der Waals surface area contributed by atoms with E-state index in [2.05, 4.69) is 13.2 Å². The summed E-state index contributed by atoms with van der Waals surface area (Å²) in [6.45, 7) is 8.09. The van der Waals surface area contributed by atoms with E-state index in [4.69, 9.17) is 37.9 Å². The van der Waals surface area contributed by atoms with Crippen molar-refractivity contribution < 1.29 is 67.3 Å². The molecule has 2 unspecified atom stereocenters. The average Bonchev–Trinajstić information content (AvgIpc) is 3.28. The van der Waals surface area contributed by atoms with Crippen LogP contribution in [0.4, 0.5) is 0 Å². The van der Waals surface area contributed by atoms with E-state index in [1.54, 1.807) is 72.8 Å². The van der Waals surface area contributed by atoms with Crippen LogP contribution in [0, 0.1) is 0 Å². The summed E-state index contributed by atoms with van der Waals surface area (Å²) in [5.74, 6) is -0.228. The highest BCUT2D eigenvalue weighted by atomic mass is 16.6. The Bertz CT molecular complexity index is 2110. The van der Waals surface area contributed by atoms with Gasteiger partial charge < -0.3 is 48.1 Å². The third-order valence-electron chi connectivity index (χ3n) is 9.03. The first-order valence-electron chi connectivity index (χ1n) is 20.1. The first kappa shape index (κ1) is 46.5. The first-order chi connectivity index (χ1) is 30.1. The molecule has 0 spiro atoms. The molecule has 0 aliphatic rings. The molecule has 5 rings (SSSR count). The van der Waals surface area contributed by atoms with Crippen molar-refractivity contribution in [2.75, 3.05) is 52.9 Å². The van der Waals surface area contributed by atoms with Crippen LogP contribution in [0.5, 0.6) is 23.0 Å². The van der Waals surface area contributed by atoms with Gasteiger partial charge in [-0.2, -0.15) is 0 Å². The summed E-state index contributed by atoms with van der Waals surface area (Å²) in [5, 5.41) is 23.0. The lowest BCUT2D eigenvalue weighted by atomic mass is 10.0. The van der Waals surface area contributed by atoms with Crippen molar-refractivity contribution in [3.63, 3.8) is 0 Å². The quantitative estimate of drug-likeness (QED) is 0.0191. The molecule has 62 heavy (non-hydrogen) atoms. The second-order valence-corrected chi connectivity index (χ2v) is 13.9. The highest BCUT2D eigenvalue weighted by Crippen LogP contribution is 2.30. The van der Waals surface area contributed by atoms with Crippen LogP contribution in [0.15, 0.2) is 122 Å². The molecule has 2 atom stereocenters. The van der Waals surface area contributed by atoms with Gasteiger partial charge in [0.1, 0.15) is 48.4 Å². The maximum Gasteiger partial charge on any atom is 0.343 e. The Morgan fingerprint density at radius 1 is 0.468 bits per heavy atom. The molecule has 0 radical (unpaired) electrons. The number of ether oxygens (including phenoxy) is 8. The molecular formula is C48H50O14. The van der Waals surface area contributed by atoms with Gasteiger partial charge in [0.05, 0.1) is 37.6 Å². The lowest BCUT2D eigenvalue weighted by Crippen LogP contribution is -2.23. The summed E-state index contributed by atoms with van der Waals surface area (Å²) in [7, 11) is 0. The molecular weight excluding hydrogens is 801 g/mol. The summed E-state index contributed by atoms with van der Waals surface area (Å²) in [4.78, 5) is 48.0. The molecule has 0 aliphatic carbocycles. The minimum atomic E-state index is -0.906. The van der Waals surface area contributed by atoms with Gasteiger partial charge in [-0.25, -0.2) is 19.2 Å². The van der Waals surface area contributed by atoms with Crippen LogP contribution >= 0.6 is 0 Å². The molecule has 5 aromatic rings. The van der Waals surface area contributed by atoms with Gasteiger partial charge in [0.15, 0.2) is 0 Å². The summed E-state index contributed by atoms with van der Waals surface area (Å²) < 4.78 is 43.2. The number of aliphatic hydroxyl groups excluding tert-OH is 2. The zero-order chi connectivity index (χ0) is 44.1. The average molecular weight is 851 g/mol. The van der Waals surface area contributed by atoms with Crippen molar-refractivity contribution in [3.8, 4) is 23.0 Å². The molecule has 0 saturated carbocycles. The van der Waals surface area contributed by atoms with Gasteiger partial charge >= 0.3 is 23.9 Å². The van der Waals surface area contributed by atoms with Crippen LogP contribution in [0.3, 0.4) is 0 Å². The summed E-state index contributed by atoms with van der Waals surface area (Å²) in [6, 6.07) is 28.1. The fourth-order valence-corrected chi connectivity index (χ4v) is 5.79. The SMILES string of the molecule is C=CC(=O)OCC(O)COCCCCOc1ccc(C(=O)Oc2ccc3cc4cc(OC(=O)c5ccc(OCCCCOCC(O)COC(=O)C=C)cc5)ccc4cc3c2)cc1. The molecule has 14 nitrogen and oxygen atoms in total. The molecule has 0 fully saturated rings. The number of fused-ring (bicyclic) bond motifs is 2. The second-order valence-electron chi connectivity index (χ2n) is 13.9. The van der Waals surface area contributed by atoms with Crippen LogP contribution in [0.2, 0.25) is 0 Å². The van der Waals surface area contributed by atoms with Crippen LogP contribution in [-0.2, 0) is 28.5 Å². The topological polar surface area (TPSA) is 183 Å². The first-order valence-corrected chi connectivity index (χ1v) is 20.1. The van der Waals surface area contributed by atoms with Gasteiger partial charge in [-0.05, 0) is 132 Å². The molecule has 14 heteroatoms. The van der Waals surface area contributed by atoms with E-state index < -0.39 is 36.1 Å². The highest BCUT2D eigenvalue weighted by molar-refractivity contribution is 6.00. The number of carbonyl (C=O) groups is 4. The maximum absolute atomic E-state index is 13.0. The molecule has 0 aromatic heterocycles. The van der Waals surface area contributed by atoms with Crippen molar-refractivity contribution in [3.05, 3.63) is 133 Å². The number of esters is 4. The molecule has 0 amide bonds. The predicted octanol–water partition coefficient (Wildman–Crippen LogP) is 6.96. The van der Waals surface area contributed by atoms with Crippen molar-refractivity contribution in [1.82, 2.24) is 0 Å². The minimum Gasteiger partial charge on any atom is -0.494 e. The van der Waals surface area contributed by atoms with E-state index >= 15 is 0 Å². The Kier molecular flexibility index (Phi) is 18.5. The van der Waals surface area contributed by atoms with Crippen LogP contribution in [-0.4, -0.2) is 99.2 Å². The zero-order valence-corrected chi connectivity index (χ0v) is 34.2. The van der Waals surface area contributed by atoms with Crippen molar-refractivity contribution in [2.24, 2.45) is 0 Å². The highest BCUT2D eigenvalue weighted by Gasteiger charge is 2.13. The van der Waals surface area contributed by atoms with E-state index in [0.717, 1.165) is 33.7 Å².